The largest absolute Gasteiger partial charge is 0.480 e. The molecule has 0 amide bonds. The number of carboxylic acid groups (broad SMARTS) is 1. The number of carbonyl (C=O) groups is 2. The van der Waals surface area contributed by atoms with Gasteiger partial charge in [-0.05, 0) is 74.5 Å². The maximum Gasteiger partial charge on any atom is 0.331 e. The molecule has 6 rings (SSSR count). The first-order valence-corrected chi connectivity index (χ1v) is 14.2. The van der Waals surface area contributed by atoms with E-state index in [1.165, 1.54) is 6.07 Å². The Hall–Kier alpha value is -3.63. The van der Waals surface area contributed by atoms with Crippen LogP contribution in [0, 0.1) is 18.7 Å². The molecule has 3 atom stereocenters. The summed E-state index contributed by atoms with van der Waals surface area (Å²) in [5.74, 6) is -2.34. The van der Waals surface area contributed by atoms with Crippen molar-refractivity contribution in [3.8, 4) is 11.4 Å². The Morgan fingerprint density at radius 3 is 2.63 bits per heavy atom. The van der Waals surface area contributed by atoms with E-state index < -0.39 is 23.5 Å². The summed E-state index contributed by atoms with van der Waals surface area (Å²) in [6.07, 6.45) is 1.73. The Labute approximate surface area is 237 Å². The molecule has 0 unspecified atom stereocenters. The number of aryl methyl sites for hydroxylation is 1. The van der Waals surface area contributed by atoms with Crippen molar-refractivity contribution in [1.82, 2.24) is 19.8 Å². The highest BCUT2D eigenvalue weighted by Gasteiger charge is 2.49. The van der Waals surface area contributed by atoms with Gasteiger partial charge < -0.3 is 19.3 Å². The molecule has 3 aromatic rings. The number of benzene rings is 1. The average Bonchev–Trinajstić information content (AvgIpc) is 3.29. The van der Waals surface area contributed by atoms with E-state index in [9.17, 15) is 19.5 Å². The number of nitrogens with zero attached hydrogens (tertiary/aromatic N) is 3. The second-order valence-corrected chi connectivity index (χ2v) is 12.1. The van der Waals surface area contributed by atoms with Crippen LogP contribution in [0.3, 0.4) is 0 Å². The molecule has 2 aromatic heterocycles. The standard InChI is InChI=1S/C31H35FN4O5/c1-7-31(34-26(14(2)3)29(38)39)19-10-23-27-17(12-36(23)28(37)18(19)13-41-30(31)40)25-22(35(5)6)9-8-16-15(4)20(32)11-21(33-27)24(16)25/h10-11,14,22,26,34H,7-9,12-13H2,1-6H3,(H,38,39)/t22-,26-,31-/m0/s1. The van der Waals surface area contributed by atoms with Gasteiger partial charge in [0.2, 0.25) is 0 Å². The molecule has 4 heterocycles. The van der Waals surface area contributed by atoms with Crippen molar-refractivity contribution in [2.45, 2.75) is 77.7 Å². The van der Waals surface area contributed by atoms with E-state index >= 15 is 4.39 Å². The molecule has 0 saturated heterocycles. The predicted molar refractivity (Wildman–Crippen MR) is 151 cm³/mol. The van der Waals surface area contributed by atoms with E-state index in [1.54, 1.807) is 38.3 Å². The molecule has 0 saturated carbocycles. The van der Waals surface area contributed by atoms with Crippen molar-refractivity contribution in [2.75, 3.05) is 14.1 Å². The fraction of sp³-hybridized carbons (Fsp3) is 0.484. The van der Waals surface area contributed by atoms with Crippen LogP contribution >= 0.6 is 0 Å². The van der Waals surface area contributed by atoms with Crippen LogP contribution in [0.25, 0.3) is 22.3 Å². The minimum absolute atomic E-state index is 0.0647. The van der Waals surface area contributed by atoms with Gasteiger partial charge in [-0.3, -0.25) is 14.9 Å². The zero-order chi connectivity index (χ0) is 29.5. The van der Waals surface area contributed by atoms with Crippen molar-refractivity contribution >= 4 is 22.8 Å². The summed E-state index contributed by atoms with van der Waals surface area (Å²) < 4.78 is 22.3. The number of carbonyl (C=O) groups excluding carboxylic acids is 1. The van der Waals surface area contributed by atoms with Crippen molar-refractivity contribution in [2.24, 2.45) is 5.92 Å². The lowest BCUT2D eigenvalue weighted by molar-refractivity contribution is -0.158. The lowest BCUT2D eigenvalue weighted by atomic mass is 9.80. The smallest absolute Gasteiger partial charge is 0.331 e. The first-order chi connectivity index (χ1) is 19.4. The number of cyclic esters (lactones) is 1. The van der Waals surface area contributed by atoms with Gasteiger partial charge in [0.1, 0.15) is 24.0 Å². The minimum atomic E-state index is -1.52. The van der Waals surface area contributed by atoms with Crippen LogP contribution in [0.1, 0.15) is 73.0 Å². The minimum Gasteiger partial charge on any atom is -0.480 e. The number of carboxylic acids is 1. The van der Waals surface area contributed by atoms with Crippen molar-refractivity contribution < 1.29 is 23.8 Å². The number of fused-ring (bicyclic) bond motifs is 5. The molecule has 0 bridgehead atoms. The molecule has 0 radical (unpaired) electrons. The predicted octanol–water partition coefficient (Wildman–Crippen LogP) is 3.78. The van der Waals surface area contributed by atoms with Gasteiger partial charge in [-0.1, -0.05) is 20.8 Å². The maximum absolute atomic E-state index is 15.1. The first kappa shape index (κ1) is 27.5. The summed E-state index contributed by atoms with van der Waals surface area (Å²) in [6.45, 7) is 7.21. The van der Waals surface area contributed by atoms with E-state index in [1.807, 2.05) is 14.1 Å². The van der Waals surface area contributed by atoms with Crippen LogP contribution in [-0.2, 0) is 39.4 Å². The third kappa shape index (κ3) is 3.80. The maximum atomic E-state index is 15.1. The van der Waals surface area contributed by atoms with Gasteiger partial charge in [0.25, 0.3) is 5.56 Å². The summed E-state index contributed by atoms with van der Waals surface area (Å²) in [6, 6.07) is 2.29. The van der Waals surface area contributed by atoms with E-state index in [2.05, 4.69) is 10.2 Å². The molecule has 0 spiro atoms. The Morgan fingerprint density at radius 2 is 2.00 bits per heavy atom. The highest BCUT2D eigenvalue weighted by molar-refractivity contribution is 5.93. The van der Waals surface area contributed by atoms with Gasteiger partial charge in [-0.25, -0.2) is 14.2 Å². The SMILES string of the molecule is CC[C@@]1(N[C@H](C(=O)O)C(C)C)C(=O)OCc2c1cc1n(c2=O)Cc2c-1nc1cc(F)c(C)c3c1c2[C@@H](N(C)C)CC3. The van der Waals surface area contributed by atoms with Crippen molar-refractivity contribution in [1.29, 1.82) is 0 Å². The van der Waals surface area contributed by atoms with E-state index in [4.69, 9.17) is 9.72 Å². The Morgan fingerprint density at radius 1 is 1.27 bits per heavy atom. The van der Waals surface area contributed by atoms with Gasteiger partial charge in [-0.2, -0.15) is 0 Å². The third-order valence-corrected chi connectivity index (χ3v) is 9.35. The second-order valence-electron chi connectivity index (χ2n) is 12.1. The summed E-state index contributed by atoms with van der Waals surface area (Å²) in [5, 5.41) is 14.0. The number of pyridine rings is 2. The molecule has 2 N–H and O–H groups in total. The van der Waals surface area contributed by atoms with Crippen LogP contribution < -0.4 is 10.9 Å². The zero-order valence-electron chi connectivity index (χ0n) is 24.2. The number of nitrogens with one attached hydrogen (secondary N) is 1. The Bertz CT molecular complexity index is 1710. The molecule has 0 fully saturated rings. The molecule has 2 aliphatic heterocycles. The summed E-state index contributed by atoms with van der Waals surface area (Å²) >= 11 is 0. The van der Waals surface area contributed by atoms with Crippen molar-refractivity contribution in [3.05, 3.63) is 61.7 Å². The number of halogens is 1. The normalized spacial score (nSPS) is 21.6. The number of esters is 1. The molecule has 41 heavy (non-hydrogen) atoms. The number of ether oxygens (including phenoxy) is 1. The number of aromatic nitrogens is 2. The molecule has 1 aromatic carbocycles. The van der Waals surface area contributed by atoms with Crippen molar-refractivity contribution in [3.63, 3.8) is 0 Å². The van der Waals surface area contributed by atoms with Gasteiger partial charge in [0.15, 0.2) is 0 Å². The zero-order valence-corrected chi connectivity index (χ0v) is 24.2. The lowest BCUT2D eigenvalue weighted by Crippen LogP contribution is -2.60. The lowest BCUT2D eigenvalue weighted by Gasteiger charge is -2.39. The van der Waals surface area contributed by atoms with E-state index in [0.29, 0.717) is 40.1 Å². The Balaban J connectivity index is 1.64. The van der Waals surface area contributed by atoms with Gasteiger partial charge in [0, 0.05) is 23.1 Å². The fourth-order valence-corrected chi connectivity index (χ4v) is 7.08. The number of hydrogen-bond acceptors (Lipinski definition) is 7. The number of hydrogen-bond donors (Lipinski definition) is 2. The van der Waals surface area contributed by atoms with Gasteiger partial charge in [-0.15, -0.1) is 0 Å². The highest BCUT2D eigenvalue weighted by atomic mass is 19.1. The average molecular weight is 563 g/mol. The molecule has 3 aliphatic rings. The first-order valence-electron chi connectivity index (χ1n) is 14.2. The summed E-state index contributed by atoms with van der Waals surface area (Å²) in [4.78, 5) is 46.7. The molecule has 10 heteroatoms. The third-order valence-electron chi connectivity index (χ3n) is 9.35. The fourth-order valence-electron chi connectivity index (χ4n) is 7.08. The highest BCUT2D eigenvalue weighted by Crippen LogP contribution is 2.47. The molecule has 216 valence electrons. The second kappa shape index (κ2) is 9.46. The topological polar surface area (TPSA) is 114 Å². The summed E-state index contributed by atoms with van der Waals surface area (Å²) in [5.41, 5.74) is 4.20. The van der Waals surface area contributed by atoms with Crippen LogP contribution in [-0.4, -0.2) is 51.6 Å². The van der Waals surface area contributed by atoms with E-state index in [0.717, 1.165) is 34.9 Å². The molecular weight excluding hydrogens is 527 g/mol. The number of rotatable bonds is 6. The Kier molecular flexibility index (Phi) is 6.35. The molecular formula is C31H35FN4O5. The van der Waals surface area contributed by atoms with Crippen LogP contribution in [0.4, 0.5) is 4.39 Å². The van der Waals surface area contributed by atoms with Crippen LogP contribution in [0.5, 0.6) is 0 Å². The number of aliphatic carboxylic acids is 1. The monoisotopic (exact) mass is 562 g/mol. The van der Waals surface area contributed by atoms with Crippen LogP contribution in [0.15, 0.2) is 16.9 Å². The quantitative estimate of drug-likeness (QED) is 0.342. The molecule has 1 aliphatic carbocycles. The van der Waals surface area contributed by atoms with Crippen LogP contribution in [0.2, 0.25) is 0 Å². The van der Waals surface area contributed by atoms with E-state index in [-0.39, 0.29) is 36.4 Å². The summed E-state index contributed by atoms with van der Waals surface area (Å²) in [7, 11) is 4.05. The van der Waals surface area contributed by atoms with Gasteiger partial charge >= 0.3 is 11.9 Å². The van der Waals surface area contributed by atoms with Gasteiger partial charge in [0.05, 0.1) is 29.0 Å². The molecule has 9 nitrogen and oxygen atoms in total.